The maximum absolute atomic E-state index is 12.9. The van der Waals surface area contributed by atoms with Gasteiger partial charge in [0.05, 0.1) is 12.6 Å². The van der Waals surface area contributed by atoms with Crippen molar-refractivity contribution < 1.29 is 23.5 Å². The lowest BCUT2D eigenvalue weighted by atomic mass is 10.0. The second kappa shape index (κ2) is 11.0. The summed E-state index contributed by atoms with van der Waals surface area (Å²) in [6, 6.07) is 8.16. The van der Waals surface area contributed by atoms with Gasteiger partial charge in [-0.3, -0.25) is 19.7 Å². The molecule has 7 nitrogen and oxygen atoms in total. The number of hydrogen-bond acceptors (Lipinski definition) is 6. The highest BCUT2D eigenvalue weighted by Crippen LogP contribution is 2.19. The van der Waals surface area contributed by atoms with Crippen LogP contribution in [0.1, 0.15) is 38.7 Å². The maximum atomic E-state index is 12.9. The molecule has 0 unspecified atom stereocenters. The smallest absolute Gasteiger partial charge is 0.323 e. The van der Waals surface area contributed by atoms with Crippen LogP contribution in [0.3, 0.4) is 0 Å². The van der Waals surface area contributed by atoms with E-state index in [-0.39, 0.29) is 24.5 Å². The van der Waals surface area contributed by atoms with E-state index in [1.54, 1.807) is 18.7 Å². The van der Waals surface area contributed by atoms with E-state index in [1.807, 2.05) is 30.3 Å². The third-order valence-corrected chi connectivity index (χ3v) is 5.37. The fourth-order valence-electron chi connectivity index (χ4n) is 3.50. The summed E-state index contributed by atoms with van der Waals surface area (Å²) in [5.74, 6) is -0.894. The number of benzene rings is 1. The first-order chi connectivity index (χ1) is 13.5. The van der Waals surface area contributed by atoms with Crippen LogP contribution in [0.15, 0.2) is 30.3 Å². The van der Waals surface area contributed by atoms with Gasteiger partial charge >= 0.3 is 11.9 Å². The van der Waals surface area contributed by atoms with Gasteiger partial charge in [-0.1, -0.05) is 30.3 Å². The van der Waals surface area contributed by atoms with Crippen LogP contribution < -0.4 is 5.32 Å². The Morgan fingerprint density at radius 2 is 2.00 bits per heavy atom. The molecule has 2 rings (SSSR count). The number of likely N-dealkylation sites (tertiary alicyclic amines) is 1. The second-order valence-corrected chi connectivity index (χ2v) is 7.34. The highest BCUT2D eigenvalue weighted by atomic mass is 28.2. The Morgan fingerprint density at radius 3 is 2.64 bits per heavy atom. The van der Waals surface area contributed by atoms with Crippen molar-refractivity contribution in [3.05, 3.63) is 35.9 Å². The Morgan fingerprint density at radius 1 is 1.29 bits per heavy atom. The Hall–Kier alpha value is -2.19. The normalized spacial score (nSPS) is 18.5. The largest absolute Gasteiger partial charge is 0.527 e. The molecule has 0 aliphatic carbocycles. The van der Waals surface area contributed by atoms with Crippen LogP contribution >= 0.6 is 0 Å². The SMILES string of the molecule is CCOC(=O)[C@H](CCc1ccccc1)N[C@@H](C)C(=O)N1CCC[C@H]1C(=O)O[SiH3]. The lowest BCUT2D eigenvalue weighted by molar-refractivity contribution is -0.149. The summed E-state index contributed by atoms with van der Waals surface area (Å²) in [5.41, 5.74) is 1.12. The zero-order valence-electron chi connectivity index (χ0n) is 16.8. The van der Waals surface area contributed by atoms with Gasteiger partial charge in [0.1, 0.15) is 12.1 Å². The molecular formula is C20H30N2O5Si. The van der Waals surface area contributed by atoms with E-state index in [9.17, 15) is 14.4 Å². The molecule has 0 radical (unpaired) electrons. The zero-order valence-corrected chi connectivity index (χ0v) is 18.8. The molecule has 1 aliphatic rings. The lowest BCUT2D eigenvalue weighted by Crippen LogP contribution is -2.53. The fraction of sp³-hybridized carbons (Fsp3) is 0.550. The number of aryl methyl sites for hydroxylation is 1. The number of amides is 1. The summed E-state index contributed by atoms with van der Waals surface area (Å²) in [7, 11) is 0.311. The van der Waals surface area contributed by atoms with Gasteiger partial charge in [-0.25, -0.2) is 0 Å². The highest BCUT2D eigenvalue weighted by molar-refractivity contribution is 6.06. The molecule has 1 heterocycles. The number of carbonyl (C=O) groups excluding carboxylic acids is 3. The average Bonchev–Trinajstić information content (AvgIpc) is 3.20. The van der Waals surface area contributed by atoms with Crippen LogP contribution in [-0.4, -0.2) is 64.5 Å². The number of nitrogens with zero attached hydrogens (tertiary/aromatic N) is 1. The molecule has 1 N–H and O–H groups in total. The number of rotatable bonds is 9. The molecule has 0 saturated carbocycles. The van der Waals surface area contributed by atoms with E-state index < -0.39 is 18.1 Å². The molecule has 1 fully saturated rings. The van der Waals surface area contributed by atoms with E-state index in [4.69, 9.17) is 9.16 Å². The quantitative estimate of drug-likeness (QED) is 0.470. The molecule has 0 spiro atoms. The van der Waals surface area contributed by atoms with Crippen LogP contribution in [0.5, 0.6) is 0 Å². The molecule has 1 aromatic rings. The van der Waals surface area contributed by atoms with Gasteiger partial charge in [-0.15, -0.1) is 0 Å². The topological polar surface area (TPSA) is 84.9 Å². The van der Waals surface area contributed by atoms with Gasteiger partial charge in [0.15, 0.2) is 0 Å². The average molecular weight is 407 g/mol. The predicted molar refractivity (Wildman–Crippen MR) is 109 cm³/mol. The number of carbonyl (C=O) groups is 3. The first kappa shape index (κ1) is 22.1. The van der Waals surface area contributed by atoms with E-state index in [0.29, 0.717) is 36.3 Å². The minimum absolute atomic E-state index is 0.191. The third kappa shape index (κ3) is 5.90. The molecular weight excluding hydrogens is 376 g/mol. The van der Waals surface area contributed by atoms with Crippen LogP contribution in [0.4, 0.5) is 0 Å². The standard InChI is InChI=1S/C20H30N2O5Si/c1-3-26-19(24)16(12-11-15-8-5-4-6-9-15)21-14(2)18(23)22-13-7-10-17(22)20(25)27-28/h4-6,8-9,14,16-17,21H,3,7,10-13H2,1-2,28H3/t14-,16-,17-/m0/s1. The fourth-order valence-corrected chi connectivity index (χ4v) is 3.77. The summed E-state index contributed by atoms with van der Waals surface area (Å²) in [5, 5.41) is 3.12. The van der Waals surface area contributed by atoms with Gasteiger partial charge in [0.25, 0.3) is 0 Å². The number of esters is 1. The molecule has 8 heteroatoms. The summed E-state index contributed by atoms with van der Waals surface area (Å²) < 4.78 is 10.1. The molecule has 154 valence electrons. The van der Waals surface area contributed by atoms with Gasteiger partial charge in [-0.2, -0.15) is 0 Å². The highest BCUT2D eigenvalue weighted by Gasteiger charge is 2.37. The predicted octanol–water partition coefficient (Wildman–Crippen LogP) is 0.344. The van der Waals surface area contributed by atoms with Crippen LogP contribution in [0.25, 0.3) is 0 Å². The van der Waals surface area contributed by atoms with Gasteiger partial charge in [-0.05, 0) is 45.1 Å². The minimum atomic E-state index is -0.604. The summed E-state index contributed by atoms with van der Waals surface area (Å²) in [4.78, 5) is 38.8. The summed E-state index contributed by atoms with van der Waals surface area (Å²) in [6.07, 6.45) is 2.60. The van der Waals surface area contributed by atoms with E-state index >= 15 is 0 Å². The number of ether oxygens (including phenoxy) is 1. The van der Waals surface area contributed by atoms with Crippen molar-refractivity contribution in [2.24, 2.45) is 0 Å². The number of nitrogens with one attached hydrogen (secondary N) is 1. The van der Waals surface area contributed by atoms with Crippen molar-refractivity contribution in [1.29, 1.82) is 0 Å². The van der Waals surface area contributed by atoms with Gasteiger partial charge < -0.3 is 14.1 Å². The zero-order chi connectivity index (χ0) is 20.5. The molecule has 1 aliphatic heterocycles. The van der Waals surface area contributed by atoms with Crippen molar-refractivity contribution in [2.45, 2.75) is 57.7 Å². The minimum Gasteiger partial charge on any atom is -0.527 e. The van der Waals surface area contributed by atoms with Crippen LogP contribution in [0.2, 0.25) is 0 Å². The Kier molecular flexibility index (Phi) is 8.66. The molecule has 1 amide bonds. The van der Waals surface area contributed by atoms with Gasteiger partial charge in [0, 0.05) is 6.54 Å². The molecule has 1 aromatic carbocycles. The first-order valence-electron chi connectivity index (χ1n) is 9.82. The Balaban J connectivity index is 2.01. The summed E-state index contributed by atoms with van der Waals surface area (Å²) in [6.45, 7) is 4.29. The maximum Gasteiger partial charge on any atom is 0.323 e. The monoisotopic (exact) mass is 406 g/mol. The van der Waals surface area contributed by atoms with Gasteiger partial charge in [0.2, 0.25) is 16.4 Å². The summed E-state index contributed by atoms with van der Waals surface area (Å²) >= 11 is 0. The van der Waals surface area contributed by atoms with E-state index in [0.717, 1.165) is 12.0 Å². The van der Waals surface area contributed by atoms with E-state index in [2.05, 4.69) is 5.32 Å². The molecule has 0 bridgehead atoms. The first-order valence-corrected chi connectivity index (χ1v) is 10.6. The second-order valence-electron chi connectivity index (χ2n) is 6.93. The van der Waals surface area contributed by atoms with Crippen molar-refractivity contribution in [1.82, 2.24) is 10.2 Å². The lowest BCUT2D eigenvalue weighted by Gasteiger charge is -2.28. The van der Waals surface area contributed by atoms with Crippen LogP contribution in [-0.2, 0) is 30.0 Å². The van der Waals surface area contributed by atoms with Crippen molar-refractivity contribution in [2.75, 3.05) is 13.2 Å². The Labute approximate surface area is 169 Å². The molecule has 0 aromatic heterocycles. The molecule has 28 heavy (non-hydrogen) atoms. The van der Waals surface area contributed by atoms with E-state index in [1.165, 1.54) is 0 Å². The van der Waals surface area contributed by atoms with Crippen molar-refractivity contribution in [3.8, 4) is 0 Å². The van der Waals surface area contributed by atoms with Crippen molar-refractivity contribution in [3.63, 3.8) is 0 Å². The molecule has 3 atom stereocenters. The Bertz CT molecular complexity index is 670. The third-order valence-electron chi connectivity index (χ3n) is 4.97. The van der Waals surface area contributed by atoms with Crippen LogP contribution in [0, 0.1) is 0 Å². The molecule has 1 saturated heterocycles. The number of hydrogen-bond donors (Lipinski definition) is 1. The van der Waals surface area contributed by atoms with Crippen molar-refractivity contribution >= 4 is 28.3 Å².